The Kier molecular flexibility index (Phi) is 2.49. The van der Waals surface area contributed by atoms with Crippen LogP contribution in [-0.4, -0.2) is 72.1 Å². The summed E-state index contributed by atoms with van der Waals surface area (Å²) in [6, 6.07) is 0.348. The highest BCUT2D eigenvalue weighted by molar-refractivity contribution is 5.66. The molecule has 3 aliphatic rings. The first kappa shape index (κ1) is 10.3. The molecule has 0 aliphatic carbocycles. The van der Waals surface area contributed by atoms with Gasteiger partial charge < -0.3 is 15.2 Å². The number of carboxylic acid groups (broad SMARTS) is 1. The third-order valence-electron chi connectivity index (χ3n) is 3.85. The van der Waals surface area contributed by atoms with Crippen LogP contribution in [0, 0.1) is 0 Å². The van der Waals surface area contributed by atoms with Crippen LogP contribution in [0.5, 0.6) is 0 Å². The molecule has 0 bridgehead atoms. The Morgan fingerprint density at radius 2 is 2.25 bits per heavy atom. The molecule has 3 fully saturated rings. The van der Waals surface area contributed by atoms with E-state index in [9.17, 15) is 4.79 Å². The Labute approximate surface area is 94.1 Å². The van der Waals surface area contributed by atoms with Gasteiger partial charge in [0.2, 0.25) is 0 Å². The van der Waals surface area contributed by atoms with Gasteiger partial charge in [0.25, 0.3) is 0 Å². The van der Waals surface area contributed by atoms with Crippen molar-refractivity contribution in [3.8, 4) is 0 Å². The lowest BCUT2D eigenvalue weighted by atomic mass is 10.0. The van der Waals surface area contributed by atoms with E-state index in [0.29, 0.717) is 19.2 Å². The fourth-order valence-electron chi connectivity index (χ4n) is 2.93. The average Bonchev–Trinajstić information content (AvgIpc) is 2.63. The van der Waals surface area contributed by atoms with Crippen molar-refractivity contribution in [2.75, 3.05) is 32.8 Å². The van der Waals surface area contributed by atoms with Crippen molar-refractivity contribution in [3.05, 3.63) is 0 Å². The highest BCUT2D eigenvalue weighted by Gasteiger charge is 2.45. The maximum absolute atomic E-state index is 11.0. The Hall–Kier alpha value is -0.850. The number of likely N-dealkylation sites (tertiary alicyclic amines) is 1. The molecule has 3 heterocycles. The van der Waals surface area contributed by atoms with Gasteiger partial charge in [-0.05, 0) is 6.42 Å². The van der Waals surface area contributed by atoms with Gasteiger partial charge in [-0.2, -0.15) is 0 Å². The van der Waals surface area contributed by atoms with Crippen LogP contribution < -0.4 is 5.32 Å². The maximum atomic E-state index is 11.0. The SMILES string of the molecule is O=C(O)N1CCC1N1CCO[C@@H]2CNC[C@H]21. The van der Waals surface area contributed by atoms with Crippen molar-refractivity contribution in [3.63, 3.8) is 0 Å². The molecule has 0 saturated carbocycles. The number of hydrogen-bond acceptors (Lipinski definition) is 4. The minimum atomic E-state index is -0.801. The van der Waals surface area contributed by atoms with Crippen molar-refractivity contribution < 1.29 is 14.6 Å². The van der Waals surface area contributed by atoms with Crippen molar-refractivity contribution in [2.24, 2.45) is 0 Å². The molecule has 3 atom stereocenters. The van der Waals surface area contributed by atoms with Gasteiger partial charge in [-0.1, -0.05) is 0 Å². The van der Waals surface area contributed by atoms with Crippen LogP contribution in [0.2, 0.25) is 0 Å². The lowest BCUT2D eigenvalue weighted by Crippen LogP contribution is -2.66. The molecule has 1 unspecified atom stereocenters. The van der Waals surface area contributed by atoms with E-state index in [2.05, 4.69) is 10.2 Å². The van der Waals surface area contributed by atoms with Crippen molar-refractivity contribution >= 4 is 6.09 Å². The number of fused-ring (bicyclic) bond motifs is 1. The third-order valence-corrected chi connectivity index (χ3v) is 3.85. The zero-order chi connectivity index (χ0) is 11.1. The van der Waals surface area contributed by atoms with Crippen molar-refractivity contribution in [1.82, 2.24) is 15.1 Å². The number of nitrogens with one attached hydrogen (secondary N) is 1. The Bertz CT molecular complexity index is 299. The van der Waals surface area contributed by atoms with Crippen LogP contribution in [0.25, 0.3) is 0 Å². The number of morpholine rings is 1. The first-order chi connectivity index (χ1) is 7.77. The van der Waals surface area contributed by atoms with Crippen LogP contribution in [0.1, 0.15) is 6.42 Å². The monoisotopic (exact) mass is 227 g/mol. The van der Waals surface area contributed by atoms with Gasteiger partial charge >= 0.3 is 6.09 Å². The molecule has 0 radical (unpaired) electrons. The van der Waals surface area contributed by atoms with E-state index in [4.69, 9.17) is 9.84 Å². The second kappa shape index (κ2) is 3.87. The van der Waals surface area contributed by atoms with E-state index in [1.165, 1.54) is 4.90 Å². The minimum Gasteiger partial charge on any atom is -0.465 e. The quantitative estimate of drug-likeness (QED) is 0.624. The molecule has 0 aromatic carbocycles. The Morgan fingerprint density at radius 3 is 2.94 bits per heavy atom. The fourth-order valence-corrected chi connectivity index (χ4v) is 2.93. The summed E-state index contributed by atoms with van der Waals surface area (Å²) in [5, 5.41) is 12.3. The van der Waals surface area contributed by atoms with Crippen LogP contribution in [0.15, 0.2) is 0 Å². The third kappa shape index (κ3) is 1.49. The number of rotatable bonds is 1. The van der Waals surface area contributed by atoms with Crippen LogP contribution >= 0.6 is 0 Å². The normalized spacial score (nSPS) is 39.2. The zero-order valence-corrected chi connectivity index (χ0v) is 9.13. The summed E-state index contributed by atoms with van der Waals surface area (Å²) < 4.78 is 5.68. The summed E-state index contributed by atoms with van der Waals surface area (Å²) in [7, 11) is 0. The molecule has 0 aromatic rings. The summed E-state index contributed by atoms with van der Waals surface area (Å²) in [6.07, 6.45) is 0.472. The van der Waals surface area contributed by atoms with Gasteiger partial charge in [0.1, 0.15) is 0 Å². The van der Waals surface area contributed by atoms with E-state index in [-0.39, 0.29) is 12.3 Å². The number of hydrogen-bond donors (Lipinski definition) is 2. The highest BCUT2D eigenvalue weighted by atomic mass is 16.5. The molecule has 3 aliphatic heterocycles. The van der Waals surface area contributed by atoms with Crippen molar-refractivity contribution in [1.29, 1.82) is 0 Å². The Balaban J connectivity index is 1.71. The van der Waals surface area contributed by atoms with Gasteiger partial charge in [-0.15, -0.1) is 0 Å². The number of ether oxygens (including phenoxy) is 1. The predicted octanol–water partition coefficient (Wildman–Crippen LogP) is -0.631. The van der Waals surface area contributed by atoms with Crippen LogP contribution in [0.4, 0.5) is 4.79 Å². The van der Waals surface area contributed by atoms with E-state index in [1.807, 2.05) is 0 Å². The molecule has 3 saturated heterocycles. The molecular formula is C10H17N3O3. The average molecular weight is 227 g/mol. The molecule has 1 amide bonds. The predicted molar refractivity (Wildman–Crippen MR) is 56.2 cm³/mol. The molecule has 2 N–H and O–H groups in total. The number of amides is 1. The standard InChI is InChI=1S/C10H17N3O3/c14-10(15)13-2-1-9(13)12-3-4-16-8-6-11-5-7(8)12/h7-9,11H,1-6H2,(H,14,15)/t7-,8-,9?/m1/s1. The first-order valence-electron chi connectivity index (χ1n) is 5.85. The molecule has 6 heteroatoms. The highest BCUT2D eigenvalue weighted by Crippen LogP contribution is 2.28. The Morgan fingerprint density at radius 1 is 1.38 bits per heavy atom. The van der Waals surface area contributed by atoms with Crippen LogP contribution in [0.3, 0.4) is 0 Å². The first-order valence-corrected chi connectivity index (χ1v) is 5.85. The lowest BCUT2D eigenvalue weighted by molar-refractivity contribution is -0.116. The van der Waals surface area contributed by atoms with Gasteiger partial charge in [-0.25, -0.2) is 4.79 Å². The number of nitrogens with zero attached hydrogens (tertiary/aromatic N) is 2. The maximum Gasteiger partial charge on any atom is 0.408 e. The minimum absolute atomic E-state index is 0.0776. The molecule has 0 spiro atoms. The van der Waals surface area contributed by atoms with Crippen molar-refractivity contribution in [2.45, 2.75) is 24.7 Å². The molecular weight excluding hydrogens is 210 g/mol. The lowest BCUT2D eigenvalue weighted by Gasteiger charge is -2.50. The topological polar surface area (TPSA) is 65.0 Å². The molecule has 6 nitrogen and oxygen atoms in total. The van der Waals surface area contributed by atoms with E-state index < -0.39 is 6.09 Å². The second-order valence-electron chi connectivity index (χ2n) is 4.62. The zero-order valence-electron chi connectivity index (χ0n) is 9.13. The van der Waals surface area contributed by atoms with E-state index in [1.54, 1.807) is 0 Å². The summed E-state index contributed by atoms with van der Waals surface area (Å²) in [4.78, 5) is 14.8. The molecule has 90 valence electrons. The summed E-state index contributed by atoms with van der Waals surface area (Å²) in [6.45, 7) is 4.03. The number of carbonyl (C=O) groups is 1. The fraction of sp³-hybridized carbons (Fsp3) is 0.900. The summed E-state index contributed by atoms with van der Waals surface area (Å²) >= 11 is 0. The van der Waals surface area contributed by atoms with E-state index >= 15 is 0 Å². The van der Waals surface area contributed by atoms with Gasteiger partial charge in [0.05, 0.1) is 24.9 Å². The van der Waals surface area contributed by atoms with E-state index in [0.717, 1.165) is 26.1 Å². The molecule has 16 heavy (non-hydrogen) atoms. The summed E-state index contributed by atoms with van der Waals surface area (Å²) in [5.74, 6) is 0. The van der Waals surface area contributed by atoms with Gasteiger partial charge in [0, 0.05) is 26.2 Å². The van der Waals surface area contributed by atoms with Gasteiger partial charge in [0.15, 0.2) is 0 Å². The smallest absolute Gasteiger partial charge is 0.408 e. The van der Waals surface area contributed by atoms with Crippen LogP contribution in [-0.2, 0) is 4.74 Å². The largest absolute Gasteiger partial charge is 0.465 e. The van der Waals surface area contributed by atoms with Gasteiger partial charge in [-0.3, -0.25) is 9.80 Å². The molecule has 3 rings (SSSR count). The second-order valence-corrected chi connectivity index (χ2v) is 4.62. The summed E-state index contributed by atoms with van der Waals surface area (Å²) in [5.41, 5.74) is 0. The molecule has 0 aromatic heterocycles.